The van der Waals surface area contributed by atoms with E-state index < -0.39 is 0 Å². The van der Waals surface area contributed by atoms with Crippen LogP contribution in [0.1, 0.15) is 57.3 Å². The van der Waals surface area contributed by atoms with Gasteiger partial charge in [-0.15, -0.1) is 0 Å². The van der Waals surface area contributed by atoms with Crippen LogP contribution in [-0.2, 0) is 9.59 Å². The van der Waals surface area contributed by atoms with Crippen molar-refractivity contribution < 1.29 is 9.59 Å². The third-order valence-corrected chi connectivity index (χ3v) is 4.82. The number of hydrogen-bond donors (Lipinski definition) is 2. The largest absolute Gasteiger partial charge is 0.273 e. The van der Waals surface area contributed by atoms with Crippen molar-refractivity contribution in [3.63, 3.8) is 0 Å². The molecule has 0 aliphatic heterocycles. The van der Waals surface area contributed by atoms with Gasteiger partial charge in [-0.1, -0.05) is 35.4 Å². The summed E-state index contributed by atoms with van der Waals surface area (Å²) in [6, 6.07) is 8.28. The van der Waals surface area contributed by atoms with Crippen molar-refractivity contribution in [2.75, 3.05) is 0 Å². The summed E-state index contributed by atoms with van der Waals surface area (Å²) < 4.78 is 0. The highest BCUT2D eigenvalue weighted by molar-refractivity contribution is 5.88. The summed E-state index contributed by atoms with van der Waals surface area (Å²) in [5, 5.41) is 8.03. The maximum Gasteiger partial charge on any atom is 0.240 e. The predicted molar refractivity (Wildman–Crippen MR) is 122 cm³/mol. The third-order valence-electron chi connectivity index (χ3n) is 4.82. The van der Waals surface area contributed by atoms with E-state index in [0.717, 1.165) is 33.4 Å². The Morgan fingerprint density at radius 2 is 0.967 bits per heavy atom. The Hall–Kier alpha value is -3.28. The maximum absolute atomic E-state index is 11.9. The lowest BCUT2D eigenvalue weighted by Gasteiger charge is -2.07. The van der Waals surface area contributed by atoms with Gasteiger partial charge in [-0.25, -0.2) is 10.9 Å². The zero-order valence-corrected chi connectivity index (χ0v) is 18.6. The Morgan fingerprint density at radius 3 is 1.27 bits per heavy atom. The van der Waals surface area contributed by atoms with Gasteiger partial charge in [0.15, 0.2) is 0 Å². The Balaban J connectivity index is 1.80. The number of hydrazone groups is 2. The Morgan fingerprint density at radius 1 is 0.667 bits per heavy atom. The molecule has 0 saturated carbocycles. The standard InChI is InChI=1S/C24H30N4O2/c1-15-9-17(3)21(18(4)10-15)13-25-27-23(29)7-8-24(30)28-26-14-22-19(5)11-16(2)12-20(22)6/h9-14H,7-8H2,1-6H3,(H,27,29)(H,28,30)/b25-13+,26-14+. The fourth-order valence-electron chi connectivity index (χ4n) is 3.47. The summed E-state index contributed by atoms with van der Waals surface area (Å²) in [6.07, 6.45) is 3.34. The zero-order valence-electron chi connectivity index (χ0n) is 18.6. The van der Waals surface area contributed by atoms with Crippen LogP contribution in [0.25, 0.3) is 0 Å². The van der Waals surface area contributed by atoms with Gasteiger partial charge in [0.2, 0.25) is 11.8 Å². The minimum atomic E-state index is -0.321. The lowest BCUT2D eigenvalue weighted by molar-refractivity contribution is -0.126. The second kappa shape index (κ2) is 10.5. The molecule has 0 unspecified atom stereocenters. The van der Waals surface area contributed by atoms with Crippen LogP contribution >= 0.6 is 0 Å². The number of rotatable bonds is 7. The molecule has 2 rings (SSSR count). The van der Waals surface area contributed by atoms with Gasteiger partial charge in [0, 0.05) is 24.0 Å². The van der Waals surface area contributed by atoms with E-state index in [-0.39, 0.29) is 24.7 Å². The fraction of sp³-hybridized carbons (Fsp3) is 0.333. The number of benzene rings is 2. The summed E-state index contributed by atoms with van der Waals surface area (Å²) in [4.78, 5) is 23.9. The van der Waals surface area contributed by atoms with Crippen molar-refractivity contribution in [2.24, 2.45) is 10.2 Å². The SMILES string of the molecule is Cc1cc(C)c(/C=N/NC(=O)CCC(=O)N/N=C/c2c(C)cc(C)cc2C)c(C)c1. The smallest absolute Gasteiger partial charge is 0.240 e. The lowest BCUT2D eigenvalue weighted by Crippen LogP contribution is -2.23. The molecule has 0 atom stereocenters. The van der Waals surface area contributed by atoms with Gasteiger partial charge < -0.3 is 0 Å². The Kier molecular flexibility index (Phi) is 8.04. The van der Waals surface area contributed by atoms with E-state index >= 15 is 0 Å². The molecular formula is C24H30N4O2. The van der Waals surface area contributed by atoms with Crippen LogP contribution in [0.3, 0.4) is 0 Å². The molecule has 6 nitrogen and oxygen atoms in total. The van der Waals surface area contributed by atoms with E-state index in [0.29, 0.717) is 0 Å². The van der Waals surface area contributed by atoms with E-state index in [1.54, 1.807) is 12.4 Å². The minimum absolute atomic E-state index is 0.0349. The summed E-state index contributed by atoms with van der Waals surface area (Å²) >= 11 is 0. The first-order chi connectivity index (χ1) is 14.2. The molecule has 158 valence electrons. The predicted octanol–water partition coefficient (Wildman–Crippen LogP) is 3.92. The van der Waals surface area contributed by atoms with Gasteiger partial charge in [0.1, 0.15) is 0 Å². The molecule has 0 aliphatic carbocycles. The van der Waals surface area contributed by atoms with Crippen molar-refractivity contribution in [1.82, 2.24) is 10.9 Å². The number of carbonyl (C=O) groups excluding carboxylic acids is 2. The van der Waals surface area contributed by atoms with Crippen LogP contribution in [0.5, 0.6) is 0 Å². The summed E-state index contributed by atoms with van der Waals surface area (Å²) in [7, 11) is 0. The van der Waals surface area contributed by atoms with E-state index in [1.807, 2.05) is 41.5 Å². The lowest BCUT2D eigenvalue weighted by atomic mass is 10.0. The van der Waals surface area contributed by atoms with Crippen molar-refractivity contribution in [3.05, 3.63) is 68.8 Å². The van der Waals surface area contributed by atoms with Gasteiger partial charge in [-0.3, -0.25) is 9.59 Å². The summed E-state index contributed by atoms with van der Waals surface area (Å²) in [5.74, 6) is -0.643. The second-order valence-electron chi connectivity index (χ2n) is 7.71. The third kappa shape index (κ3) is 6.65. The van der Waals surface area contributed by atoms with E-state index in [9.17, 15) is 9.59 Å². The number of nitrogens with one attached hydrogen (secondary N) is 2. The zero-order chi connectivity index (χ0) is 22.3. The molecule has 0 heterocycles. The van der Waals surface area contributed by atoms with Crippen molar-refractivity contribution in [1.29, 1.82) is 0 Å². The molecule has 2 amide bonds. The van der Waals surface area contributed by atoms with Gasteiger partial charge in [0.25, 0.3) is 0 Å². The van der Waals surface area contributed by atoms with Crippen LogP contribution in [-0.4, -0.2) is 24.2 Å². The molecule has 0 radical (unpaired) electrons. The topological polar surface area (TPSA) is 82.9 Å². The normalized spacial score (nSPS) is 11.3. The fourth-order valence-corrected chi connectivity index (χ4v) is 3.47. The van der Waals surface area contributed by atoms with Crippen molar-refractivity contribution in [2.45, 2.75) is 54.4 Å². The second-order valence-corrected chi connectivity index (χ2v) is 7.71. The first kappa shape index (κ1) is 23.0. The first-order valence-electron chi connectivity index (χ1n) is 9.97. The number of nitrogens with zero attached hydrogens (tertiary/aromatic N) is 2. The monoisotopic (exact) mass is 406 g/mol. The van der Waals surface area contributed by atoms with E-state index in [2.05, 4.69) is 45.3 Å². The Labute approximate surface area is 178 Å². The molecule has 0 aromatic heterocycles. The van der Waals surface area contributed by atoms with Gasteiger partial charge in [-0.05, 0) is 63.8 Å². The van der Waals surface area contributed by atoms with Crippen molar-refractivity contribution >= 4 is 24.2 Å². The number of amides is 2. The molecular weight excluding hydrogens is 376 g/mol. The number of aryl methyl sites for hydroxylation is 6. The minimum Gasteiger partial charge on any atom is -0.273 e. The molecule has 0 bridgehead atoms. The molecule has 0 aliphatic rings. The van der Waals surface area contributed by atoms with E-state index in [4.69, 9.17) is 0 Å². The number of carbonyl (C=O) groups is 2. The molecule has 0 fully saturated rings. The molecule has 30 heavy (non-hydrogen) atoms. The quantitative estimate of drug-likeness (QED) is 0.540. The van der Waals surface area contributed by atoms with Crippen LogP contribution in [0.15, 0.2) is 34.5 Å². The van der Waals surface area contributed by atoms with Gasteiger partial charge in [-0.2, -0.15) is 10.2 Å². The summed E-state index contributed by atoms with van der Waals surface area (Å²) in [5.41, 5.74) is 13.7. The van der Waals surface area contributed by atoms with E-state index in [1.165, 1.54) is 11.1 Å². The molecule has 2 aromatic carbocycles. The molecule has 2 N–H and O–H groups in total. The highest BCUT2D eigenvalue weighted by atomic mass is 16.2. The van der Waals surface area contributed by atoms with Crippen molar-refractivity contribution in [3.8, 4) is 0 Å². The highest BCUT2D eigenvalue weighted by Gasteiger charge is 2.07. The van der Waals surface area contributed by atoms with Gasteiger partial charge in [0.05, 0.1) is 12.4 Å². The number of hydrogen-bond acceptors (Lipinski definition) is 4. The maximum atomic E-state index is 11.9. The van der Waals surface area contributed by atoms with Crippen LogP contribution < -0.4 is 10.9 Å². The molecule has 6 heteroatoms. The van der Waals surface area contributed by atoms with Crippen LogP contribution in [0.2, 0.25) is 0 Å². The van der Waals surface area contributed by atoms with Gasteiger partial charge >= 0.3 is 0 Å². The molecule has 2 aromatic rings. The molecule has 0 spiro atoms. The average Bonchev–Trinajstić information content (AvgIpc) is 2.64. The van der Waals surface area contributed by atoms with Crippen LogP contribution in [0.4, 0.5) is 0 Å². The summed E-state index contributed by atoms with van der Waals surface area (Å²) in [6.45, 7) is 12.1. The van der Waals surface area contributed by atoms with Crippen LogP contribution in [0, 0.1) is 41.5 Å². The average molecular weight is 407 g/mol. The highest BCUT2D eigenvalue weighted by Crippen LogP contribution is 2.15. The molecule has 0 saturated heterocycles. The Bertz CT molecular complexity index is 879. The first-order valence-corrected chi connectivity index (χ1v) is 9.97.